The molecule has 0 bridgehead atoms. The Morgan fingerprint density at radius 3 is 2.76 bits per heavy atom. The maximum absolute atomic E-state index is 12.6. The molecule has 2 atom stereocenters. The van der Waals surface area contributed by atoms with Gasteiger partial charge in [0.1, 0.15) is 11.6 Å². The lowest BCUT2D eigenvalue weighted by Crippen LogP contribution is -2.42. The summed E-state index contributed by atoms with van der Waals surface area (Å²) in [4.78, 5) is 23.8. The third-order valence-electron chi connectivity index (χ3n) is 6.31. The van der Waals surface area contributed by atoms with Crippen molar-refractivity contribution >= 4 is 16.9 Å². The topological polar surface area (TPSA) is 93.9 Å². The van der Waals surface area contributed by atoms with Gasteiger partial charge in [-0.1, -0.05) is 6.07 Å². The monoisotopic (exact) mass is 392 g/mol. The average molecular weight is 393 g/mol. The van der Waals surface area contributed by atoms with Crippen LogP contribution in [0.15, 0.2) is 24.5 Å². The van der Waals surface area contributed by atoms with E-state index in [1.54, 1.807) is 12.4 Å². The summed E-state index contributed by atoms with van der Waals surface area (Å²) < 4.78 is 0. The van der Waals surface area contributed by atoms with Crippen LogP contribution in [0.4, 0.5) is 0 Å². The van der Waals surface area contributed by atoms with Crippen molar-refractivity contribution < 1.29 is 4.79 Å². The number of piperidine rings is 1. The Bertz CT molecular complexity index is 915. The highest BCUT2D eigenvalue weighted by atomic mass is 16.1. The summed E-state index contributed by atoms with van der Waals surface area (Å²) >= 11 is 0. The number of nitriles is 1. The van der Waals surface area contributed by atoms with E-state index in [1.165, 1.54) is 0 Å². The van der Waals surface area contributed by atoms with Crippen molar-refractivity contribution in [1.82, 2.24) is 25.5 Å². The maximum Gasteiger partial charge on any atom is 0.220 e. The summed E-state index contributed by atoms with van der Waals surface area (Å²) in [7, 11) is 2.14. The zero-order valence-electron chi connectivity index (χ0n) is 16.9. The van der Waals surface area contributed by atoms with Crippen molar-refractivity contribution in [2.45, 2.75) is 31.7 Å². The molecule has 0 aliphatic carbocycles. The molecule has 7 nitrogen and oxygen atoms in total. The van der Waals surface area contributed by atoms with Crippen LogP contribution in [0.25, 0.3) is 11.0 Å². The van der Waals surface area contributed by atoms with Crippen molar-refractivity contribution in [2.24, 2.45) is 11.8 Å². The van der Waals surface area contributed by atoms with E-state index in [4.69, 9.17) is 0 Å². The molecule has 1 amide bonds. The fourth-order valence-corrected chi connectivity index (χ4v) is 4.56. The summed E-state index contributed by atoms with van der Waals surface area (Å²) in [5.74, 6) is 0.967. The molecule has 2 N–H and O–H groups in total. The summed E-state index contributed by atoms with van der Waals surface area (Å²) in [6.07, 6.45) is 6.92. The number of fused-ring (bicyclic) bond motifs is 1. The summed E-state index contributed by atoms with van der Waals surface area (Å²) in [6.45, 7) is 3.82. The maximum atomic E-state index is 12.6. The van der Waals surface area contributed by atoms with Gasteiger partial charge in [0.2, 0.25) is 5.91 Å². The molecule has 0 spiro atoms. The Labute approximate surface area is 171 Å². The number of carbonyl (C=O) groups is 1. The quantitative estimate of drug-likeness (QED) is 0.801. The molecule has 152 valence electrons. The molecule has 1 aromatic carbocycles. The highest BCUT2D eigenvalue weighted by Gasteiger charge is 2.30. The number of nitrogens with one attached hydrogen (secondary N) is 2. The summed E-state index contributed by atoms with van der Waals surface area (Å²) in [5.41, 5.74) is 3.07. The number of benzene rings is 1. The Hall–Kier alpha value is -2.56. The number of hydrogen-bond acceptors (Lipinski definition) is 6. The van der Waals surface area contributed by atoms with Crippen molar-refractivity contribution in [3.63, 3.8) is 0 Å². The minimum absolute atomic E-state index is 0.121. The van der Waals surface area contributed by atoms with E-state index in [9.17, 15) is 10.1 Å². The minimum atomic E-state index is 0.121. The molecular weight excluding hydrogens is 364 g/mol. The molecule has 0 unspecified atom stereocenters. The zero-order valence-corrected chi connectivity index (χ0v) is 16.9. The number of rotatable bonds is 5. The molecule has 2 aromatic rings. The van der Waals surface area contributed by atoms with Crippen LogP contribution in [0.2, 0.25) is 0 Å². The first-order valence-electron chi connectivity index (χ1n) is 10.5. The number of nitrogens with zero attached hydrogens (tertiary/aromatic N) is 4. The van der Waals surface area contributed by atoms with E-state index in [2.05, 4.69) is 38.6 Å². The molecule has 2 fully saturated rings. The summed E-state index contributed by atoms with van der Waals surface area (Å²) in [5, 5.41) is 16.0. The molecular formula is C22H28N6O. The van der Waals surface area contributed by atoms with E-state index in [-0.39, 0.29) is 11.9 Å². The highest BCUT2D eigenvalue weighted by molar-refractivity contribution is 5.83. The average Bonchev–Trinajstić information content (AvgIpc) is 3.16. The molecule has 29 heavy (non-hydrogen) atoms. The van der Waals surface area contributed by atoms with Gasteiger partial charge in [-0.05, 0) is 62.9 Å². The Kier molecular flexibility index (Phi) is 6.02. The second kappa shape index (κ2) is 8.85. The number of hydrogen-bond donors (Lipinski definition) is 2. The highest BCUT2D eigenvalue weighted by Crippen LogP contribution is 2.24. The predicted molar refractivity (Wildman–Crippen MR) is 111 cm³/mol. The van der Waals surface area contributed by atoms with Crippen LogP contribution < -0.4 is 10.6 Å². The normalized spacial score (nSPS) is 23.2. The fourth-order valence-electron chi connectivity index (χ4n) is 4.56. The van der Waals surface area contributed by atoms with E-state index in [0.29, 0.717) is 29.3 Å². The van der Waals surface area contributed by atoms with Crippen LogP contribution in [-0.4, -0.2) is 60.0 Å². The SMILES string of the molecule is CN1CCC(CC(=O)N[C@H]2CNC[C@H]2Cc2ccc(C#N)c3nccnc23)CC1. The Morgan fingerprint density at radius 2 is 2.00 bits per heavy atom. The van der Waals surface area contributed by atoms with Crippen LogP contribution in [0, 0.1) is 23.2 Å². The molecule has 2 aliphatic heterocycles. The van der Waals surface area contributed by atoms with Gasteiger partial charge in [0, 0.05) is 37.9 Å². The number of aromatic nitrogens is 2. The van der Waals surface area contributed by atoms with Gasteiger partial charge >= 0.3 is 0 Å². The van der Waals surface area contributed by atoms with Crippen LogP contribution in [-0.2, 0) is 11.2 Å². The molecule has 7 heteroatoms. The van der Waals surface area contributed by atoms with Crippen LogP contribution >= 0.6 is 0 Å². The van der Waals surface area contributed by atoms with E-state index >= 15 is 0 Å². The van der Waals surface area contributed by atoms with Crippen LogP contribution in [0.3, 0.4) is 0 Å². The van der Waals surface area contributed by atoms with Gasteiger partial charge in [0.25, 0.3) is 0 Å². The van der Waals surface area contributed by atoms with Gasteiger partial charge in [-0.2, -0.15) is 5.26 Å². The lowest BCUT2D eigenvalue weighted by molar-refractivity contribution is -0.123. The molecule has 2 aliphatic rings. The molecule has 1 aromatic heterocycles. The van der Waals surface area contributed by atoms with Gasteiger partial charge in [-0.25, -0.2) is 0 Å². The molecule has 3 heterocycles. The van der Waals surface area contributed by atoms with Gasteiger partial charge in [-0.15, -0.1) is 0 Å². The molecule has 0 saturated carbocycles. The van der Waals surface area contributed by atoms with Gasteiger partial charge < -0.3 is 15.5 Å². The van der Waals surface area contributed by atoms with Gasteiger partial charge in [0.15, 0.2) is 0 Å². The first kappa shape index (κ1) is 19.7. The zero-order chi connectivity index (χ0) is 20.2. The van der Waals surface area contributed by atoms with Crippen molar-refractivity contribution in [2.75, 3.05) is 33.2 Å². The largest absolute Gasteiger partial charge is 0.352 e. The Morgan fingerprint density at radius 1 is 1.24 bits per heavy atom. The van der Waals surface area contributed by atoms with E-state index in [0.717, 1.165) is 56.5 Å². The third kappa shape index (κ3) is 4.55. The van der Waals surface area contributed by atoms with Crippen LogP contribution in [0.1, 0.15) is 30.4 Å². The number of likely N-dealkylation sites (tertiary alicyclic amines) is 1. The van der Waals surface area contributed by atoms with Crippen molar-refractivity contribution in [3.8, 4) is 6.07 Å². The van der Waals surface area contributed by atoms with Gasteiger partial charge in [-0.3, -0.25) is 14.8 Å². The van der Waals surface area contributed by atoms with Gasteiger partial charge in [0.05, 0.1) is 11.1 Å². The van der Waals surface area contributed by atoms with Crippen molar-refractivity contribution in [3.05, 3.63) is 35.7 Å². The lowest BCUT2D eigenvalue weighted by Gasteiger charge is -2.29. The third-order valence-corrected chi connectivity index (χ3v) is 6.31. The fraction of sp³-hybridized carbons (Fsp3) is 0.545. The van der Waals surface area contributed by atoms with E-state index in [1.807, 2.05) is 12.1 Å². The lowest BCUT2D eigenvalue weighted by atomic mass is 9.91. The Balaban J connectivity index is 1.41. The molecule has 4 rings (SSSR count). The standard InChI is InChI=1S/C22H28N6O/c1-28-8-4-15(5-9-28)10-20(29)27-19-14-24-13-18(19)11-16-2-3-17(12-23)22-21(16)25-6-7-26-22/h2-3,6-7,15,18-19,24H,4-5,8-11,13-14H2,1H3,(H,27,29)/t18-,19+/m1/s1. The van der Waals surface area contributed by atoms with E-state index < -0.39 is 0 Å². The first-order valence-corrected chi connectivity index (χ1v) is 10.5. The smallest absolute Gasteiger partial charge is 0.220 e. The second-order valence-corrected chi connectivity index (χ2v) is 8.38. The number of amides is 1. The van der Waals surface area contributed by atoms with Crippen LogP contribution in [0.5, 0.6) is 0 Å². The molecule has 0 radical (unpaired) electrons. The minimum Gasteiger partial charge on any atom is -0.352 e. The summed E-state index contributed by atoms with van der Waals surface area (Å²) in [6, 6.07) is 6.11. The predicted octanol–water partition coefficient (Wildman–Crippen LogP) is 1.48. The number of carbonyl (C=O) groups excluding carboxylic acids is 1. The second-order valence-electron chi connectivity index (χ2n) is 8.38. The molecule has 2 saturated heterocycles. The first-order chi connectivity index (χ1) is 14.1. The van der Waals surface area contributed by atoms with Crippen molar-refractivity contribution in [1.29, 1.82) is 5.26 Å².